The van der Waals surface area contributed by atoms with Gasteiger partial charge in [0.25, 0.3) is 0 Å². The summed E-state index contributed by atoms with van der Waals surface area (Å²) < 4.78 is 0. The van der Waals surface area contributed by atoms with Crippen molar-refractivity contribution in [3.8, 4) is 0 Å². The Morgan fingerprint density at radius 3 is 2.71 bits per heavy atom. The number of thioether (sulfide) groups is 1. The molecule has 2 N–H and O–H groups in total. The molecular formula is C12H17N3S2. The Labute approximate surface area is 112 Å². The predicted octanol–water partition coefficient (Wildman–Crippen LogP) is 2.05. The van der Waals surface area contributed by atoms with Crippen molar-refractivity contribution in [2.24, 2.45) is 5.73 Å². The number of hydrogen-bond donors (Lipinski definition) is 1. The number of nitrogens with two attached hydrogens (primary N) is 1. The van der Waals surface area contributed by atoms with Crippen LogP contribution in [0.4, 0.5) is 5.82 Å². The second-order valence-electron chi connectivity index (χ2n) is 4.43. The topological polar surface area (TPSA) is 42.1 Å². The Bertz CT molecular complexity index is 412. The fraction of sp³-hybridized carbons (Fsp3) is 0.500. The van der Waals surface area contributed by atoms with Gasteiger partial charge in [0, 0.05) is 35.3 Å². The molecule has 1 aliphatic rings. The minimum atomic E-state index is 0.432. The summed E-state index contributed by atoms with van der Waals surface area (Å²) in [6, 6.07) is 3.84. The van der Waals surface area contributed by atoms with Crippen LogP contribution in [-0.4, -0.2) is 33.6 Å². The third kappa shape index (κ3) is 3.10. The summed E-state index contributed by atoms with van der Waals surface area (Å²) in [7, 11) is 0. The zero-order chi connectivity index (χ0) is 12.4. The minimum absolute atomic E-state index is 0.432. The van der Waals surface area contributed by atoms with E-state index < -0.39 is 0 Å². The van der Waals surface area contributed by atoms with E-state index in [4.69, 9.17) is 18.0 Å². The molecule has 92 valence electrons. The molecule has 2 unspecified atom stereocenters. The SMILES string of the molecule is CC1CN(c2cc(C(N)=S)ccn2)CC(C)S1. The lowest BCUT2D eigenvalue weighted by Crippen LogP contribution is -2.40. The van der Waals surface area contributed by atoms with Crippen LogP contribution in [0.5, 0.6) is 0 Å². The maximum absolute atomic E-state index is 5.65. The number of pyridine rings is 1. The van der Waals surface area contributed by atoms with Crippen molar-refractivity contribution >= 4 is 34.8 Å². The number of nitrogens with zero attached hydrogens (tertiary/aromatic N) is 2. The second-order valence-corrected chi connectivity index (χ2v) is 6.75. The number of rotatable bonds is 2. The molecule has 0 saturated carbocycles. The van der Waals surface area contributed by atoms with Crippen molar-refractivity contribution < 1.29 is 0 Å². The van der Waals surface area contributed by atoms with Gasteiger partial charge in [-0.15, -0.1) is 0 Å². The molecule has 0 aromatic carbocycles. The Balaban J connectivity index is 2.21. The summed E-state index contributed by atoms with van der Waals surface area (Å²) in [4.78, 5) is 7.16. The van der Waals surface area contributed by atoms with Crippen molar-refractivity contribution in [3.63, 3.8) is 0 Å². The lowest BCUT2D eigenvalue weighted by Gasteiger charge is -2.35. The molecule has 17 heavy (non-hydrogen) atoms. The average molecular weight is 267 g/mol. The first kappa shape index (κ1) is 12.6. The average Bonchev–Trinajstić information content (AvgIpc) is 2.28. The van der Waals surface area contributed by atoms with Gasteiger partial charge in [-0.1, -0.05) is 26.1 Å². The van der Waals surface area contributed by atoms with Gasteiger partial charge in [0.2, 0.25) is 0 Å². The van der Waals surface area contributed by atoms with Crippen molar-refractivity contribution in [3.05, 3.63) is 23.9 Å². The third-order valence-electron chi connectivity index (χ3n) is 2.77. The van der Waals surface area contributed by atoms with Crippen LogP contribution in [0.1, 0.15) is 19.4 Å². The maximum atomic E-state index is 5.65. The van der Waals surface area contributed by atoms with Crippen LogP contribution in [0.3, 0.4) is 0 Å². The highest BCUT2D eigenvalue weighted by Gasteiger charge is 2.23. The highest BCUT2D eigenvalue weighted by Crippen LogP contribution is 2.27. The van der Waals surface area contributed by atoms with Crippen LogP contribution in [0.15, 0.2) is 18.3 Å². The Morgan fingerprint density at radius 2 is 2.12 bits per heavy atom. The zero-order valence-electron chi connectivity index (χ0n) is 10.1. The van der Waals surface area contributed by atoms with E-state index >= 15 is 0 Å². The van der Waals surface area contributed by atoms with Crippen LogP contribution in [0.25, 0.3) is 0 Å². The Morgan fingerprint density at radius 1 is 1.47 bits per heavy atom. The van der Waals surface area contributed by atoms with E-state index in [1.54, 1.807) is 6.20 Å². The van der Waals surface area contributed by atoms with Gasteiger partial charge in [0.15, 0.2) is 0 Å². The van der Waals surface area contributed by atoms with E-state index in [0.29, 0.717) is 15.5 Å². The van der Waals surface area contributed by atoms with Gasteiger partial charge in [-0.2, -0.15) is 11.8 Å². The molecule has 0 amide bonds. The van der Waals surface area contributed by atoms with Gasteiger partial charge < -0.3 is 10.6 Å². The van der Waals surface area contributed by atoms with Crippen LogP contribution in [0, 0.1) is 0 Å². The monoisotopic (exact) mass is 267 g/mol. The molecule has 1 aromatic heterocycles. The summed E-state index contributed by atoms with van der Waals surface area (Å²) in [6.45, 7) is 6.57. The van der Waals surface area contributed by atoms with Crippen molar-refractivity contribution in [2.45, 2.75) is 24.3 Å². The van der Waals surface area contributed by atoms with Crippen LogP contribution >= 0.6 is 24.0 Å². The fourth-order valence-electron chi connectivity index (χ4n) is 2.11. The zero-order valence-corrected chi connectivity index (χ0v) is 11.7. The molecule has 1 aromatic rings. The van der Waals surface area contributed by atoms with Gasteiger partial charge in [-0.25, -0.2) is 4.98 Å². The van der Waals surface area contributed by atoms with Crippen LogP contribution < -0.4 is 10.6 Å². The molecular weight excluding hydrogens is 250 g/mol. The van der Waals surface area contributed by atoms with E-state index in [2.05, 4.69) is 23.7 Å². The highest BCUT2D eigenvalue weighted by molar-refractivity contribution is 8.00. The molecule has 1 fully saturated rings. The molecule has 0 bridgehead atoms. The summed E-state index contributed by atoms with van der Waals surface area (Å²) in [5.74, 6) is 0.981. The summed E-state index contributed by atoms with van der Waals surface area (Å²) in [6.07, 6.45) is 1.78. The van der Waals surface area contributed by atoms with E-state index in [1.165, 1.54) is 0 Å². The third-order valence-corrected chi connectivity index (χ3v) is 4.24. The molecule has 2 atom stereocenters. The van der Waals surface area contributed by atoms with Gasteiger partial charge >= 0.3 is 0 Å². The normalized spacial score (nSPS) is 24.7. The quantitative estimate of drug-likeness (QED) is 0.831. The largest absolute Gasteiger partial charge is 0.389 e. The first-order valence-corrected chi connectivity index (χ1v) is 7.07. The first-order valence-electron chi connectivity index (χ1n) is 5.72. The minimum Gasteiger partial charge on any atom is -0.389 e. The van der Waals surface area contributed by atoms with E-state index in [9.17, 15) is 0 Å². The number of thiocarbonyl (C=S) groups is 1. The van der Waals surface area contributed by atoms with Gasteiger partial charge in [0.1, 0.15) is 10.8 Å². The van der Waals surface area contributed by atoms with Gasteiger partial charge in [0.05, 0.1) is 0 Å². The molecule has 0 spiro atoms. The maximum Gasteiger partial charge on any atom is 0.129 e. The standard InChI is InChI=1S/C12H17N3S2/c1-8-6-15(7-9(2)17-8)11-5-10(12(13)16)3-4-14-11/h3-5,8-9H,6-7H2,1-2H3,(H2,13,16). The fourth-order valence-corrected chi connectivity index (χ4v) is 3.56. The summed E-state index contributed by atoms with van der Waals surface area (Å²) >= 11 is 7.03. The number of aromatic nitrogens is 1. The van der Waals surface area contributed by atoms with E-state index in [-0.39, 0.29) is 0 Å². The van der Waals surface area contributed by atoms with Crippen molar-refractivity contribution in [2.75, 3.05) is 18.0 Å². The molecule has 2 rings (SSSR count). The summed E-state index contributed by atoms with van der Waals surface area (Å²) in [5, 5.41) is 1.27. The molecule has 5 heteroatoms. The molecule has 3 nitrogen and oxygen atoms in total. The lowest BCUT2D eigenvalue weighted by molar-refractivity contribution is 0.718. The van der Waals surface area contributed by atoms with Gasteiger partial charge in [-0.3, -0.25) is 0 Å². The number of anilines is 1. The Kier molecular flexibility index (Phi) is 3.89. The van der Waals surface area contributed by atoms with Crippen molar-refractivity contribution in [1.82, 2.24) is 4.98 Å². The van der Waals surface area contributed by atoms with E-state index in [0.717, 1.165) is 24.5 Å². The van der Waals surface area contributed by atoms with Gasteiger partial charge in [-0.05, 0) is 12.1 Å². The smallest absolute Gasteiger partial charge is 0.129 e. The highest BCUT2D eigenvalue weighted by atomic mass is 32.2. The summed E-state index contributed by atoms with van der Waals surface area (Å²) in [5.41, 5.74) is 6.54. The van der Waals surface area contributed by atoms with Crippen molar-refractivity contribution in [1.29, 1.82) is 0 Å². The Hall–Kier alpha value is -0.810. The molecule has 1 saturated heterocycles. The lowest BCUT2D eigenvalue weighted by atomic mass is 10.2. The second kappa shape index (κ2) is 5.23. The molecule has 0 aliphatic carbocycles. The number of hydrogen-bond acceptors (Lipinski definition) is 4. The van der Waals surface area contributed by atoms with Crippen LogP contribution in [0.2, 0.25) is 0 Å². The molecule has 1 aliphatic heterocycles. The van der Waals surface area contributed by atoms with E-state index in [1.807, 2.05) is 23.9 Å². The first-order chi connectivity index (χ1) is 8.06. The predicted molar refractivity (Wildman–Crippen MR) is 78.9 cm³/mol. The molecule has 2 heterocycles. The van der Waals surface area contributed by atoms with Crippen LogP contribution in [-0.2, 0) is 0 Å². The molecule has 0 radical (unpaired) electrons.